The molecule has 5 heteroatoms. The molecule has 2 N–H and O–H groups in total. The fourth-order valence-corrected chi connectivity index (χ4v) is 3.39. The van der Waals surface area contributed by atoms with Gasteiger partial charge in [0.2, 0.25) is 0 Å². The topological polar surface area (TPSA) is 65.5 Å². The lowest BCUT2D eigenvalue weighted by atomic mass is 9.88. The Hall–Kier alpha value is -2.40. The third kappa shape index (κ3) is 4.37. The number of aliphatic hydroxyl groups excluding tert-OH is 1. The number of carbonyl (C=O) groups is 1. The number of benzene rings is 1. The van der Waals surface area contributed by atoms with Gasteiger partial charge in [0.25, 0.3) is 5.91 Å². The normalized spacial score (nSPS) is 16.5. The molecule has 25 heavy (non-hydrogen) atoms. The Morgan fingerprint density at radius 2 is 2.00 bits per heavy atom. The van der Waals surface area contributed by atoms with E-state index in [4.69, 9.17) is 0 Å². The maximum atomic E-state index is 12.6. The van der Waals surface area contributed by atoms with Crippen LogP contribution in [0.1, 0.15) is 28.8 Å². The van der Waals surface area contributed by atoms with Gasteiger partial charge >= 0.3 is 0 Å². The molecular weight excluding hydrogens is 314 g/mol. The predicted octanol–water partition coefficient (Wildman–Crippen LogP) is 2.58. The molecule has 5 nitrogen and oxygen atoms in total. The van der Waals surface area contributed by atoms with E-state index in [1.165, 1.54) is 0 Å². The van der Waals surface area contributed by atoms with E-state index in [-0.39, 0.29) is 17.9 Å². The van der Waals surface area contributed by atoms with Gasteiger partial charge in [-0.3, -0.25) is 4.79 Å². The molecule has 1 aliphatic heterocycles. The summed E-state index contributed by atoms with van der Waals surface area (Å²) in [5.41, 5.74) is 1.81. The zero-order valence-electron chi connectivity index (χ0n) is 14.6. The summed E-state index contributed by atoms with van der Waals surface area (Å²) in [6.07, 6.45) is 3.65. The summed E-state index contributed by atoms with van der Waals surface area (Å²) in [5.74, 6) is 0.975. The van der Waals surface area contributed by atoms with Crippen molar-refractivity contribution in [2.24, 2.45) is 5.92 Å². The van der Waals surface area contributed by atoms with E-state index in [0.717, 1.165) is 18.4 Å². The minimum atomic E-state index is -0.350. The molecule has 0 spiro atoms. The van der Waals surface area contributed by atoms with Crippen molar-refractivity contribution in [2.75, 3.05) is 25.5 Å². The minimum absolute atomic E-state index is 0.0369. The Labute approximate surface area is 148 Å². The van der Waals surface area contributed by atoms with Gasteiger partial charge in [0, 0.05) is 31.9 Å². The summed E-state index contributed by atoms with van der Waals surface area (Å²) in [5, 5.41) is 13.5. The largest absolute Gasteiger partial charge is 0.392 e. The summed E-state index contributed by atoms with van der Waals surface area (Å²) in [4.78, 5) is 18.7. The molecule has 1 saturated heterocycles. The first kappa shape index (κ1) is 17.4. The zero-order valence-corrected chi connectivity index (χ0v) is 14.6. The van der Waals surface area contributed by atoms with Gasteiger partial charge < -0.3 is 15.3 Å². The quantitative estimate of drug-likeness (QED) is 0.879. The highest BCUT2D eigenvalue weighted by Crippen LogP contribution is 2.24. The number of nitrogens with zero attached hydrogens (tertiary/aromatic N) is 2. The van der Waals surface area contributed by atoms with Gasteiger partial charge in [0.15, 0.2) is 0 Å². The molecule has 132 valence electrons. The van der Waals surface area contributed by atoms with Crippen LogP contribution in [0.15, 0.2) is 48.7 Å². The van der Waals surface area contributed by atoms with Crippen molar-refractivity contribution < 1.29 is 9.90 Å². The maximum absolute atomic E-state index is 12.6. The van der Waals surface area contributed by atoms with Gasteiger partial charge in [0.1, 0.15) is 5.82 Å². The van der Waals surface area contributed by atoms with Crippen LogP contribution in [-0.4, -0.2) is 47.1 Å². The molecule has 1 atom stereocenters. The van der Waals surface area contributed by atoms with Crippen LogP contribution in [0.2, 0.25) is 0 Å². The monoisotopic (exact) mass is 339 g/mol. The summed E-state index contributed by atoms with van der Waals surface area (Å²) >= 11 is 0. The number of aliphatic hydroxyl groups is 1. The second kappa shape index (κ2) is 8.12. The van der Waals surface area contributed by atoms with Gasteiger partial charge in [0.05, 0.1) is 6.10 Å². The number of hydrogen-bond donors (Lipinski definition) is 2. The van der Waals surface area contributed by atoms with Crippen LogP contribution in [0.5, 0.6) is 0 Å². The Morgan fingerprint density at radius 3 is 2.68 bits per heavy atom. The lowest BCUT2D eigenvalue weighted by Crippen LogP contribution is -2.41. The maximum Gasteiger partial charge on any atom is 0.254 e. The van der Waals surface area contributed by atoms with Gasteiger partial charge in [-0.2, -0.15) is 0 Å². The van der Waals surface area contributed by atoms with E-state index in [1.54, 1.807) is 25.4 Å². The van der Waals surface area contributed by atoms with E-state index in [9.17, 15) is 9.90 Å². The molecule has 0 saturated carbocycles. The predicted molar refractivity (Wildman–Crippen MR) is 98.6 cm³/mol. The number of pyridine rings is 1. The molecule has 1 fully saturated rings. The van der Waals surface area contributed by atoms with Crippen LogP contribution in [0.4, 0.5) is 5.82 Å². The number of amides is 1. The molecule has 3 rings (SSSR count). The minimum Gasteiger partial charge on any atom is -0.392 e. The molecule has 1 aliphatic rings. The number of aromatic nitrogens is 1. The highest BCUT2D eigenvalue weighted by molar-refractivity contribution is 5.94. The molecule has 1 aromatic carbocycles. The van der Waals surface area contributed by atoms with Crippen LogP contribution in [-0.2, 0) is 6.42 Å². The highest BCUT2D eigenvalue weighted by atomic mass is 16.3. The van der Waals surface area contributed by atoms with Gasteiger partial charge in [-0.25, -0.2) is 4.98 Å². The first-order valence-electron chi connectivity index (χ1n) is 8.82. The number of anilines is 1. The van der Waals surface area contributed by atoms with Crippen molar-refractivity contribution in [3.8, 4) is 0 Å². The van der Waals surface area contributed by atoms with E-state index in [0.29, 0.717) is 30.9 Å². The number of piperidine rings is 1. The fraction of sp³-hybridized carbons (Fsp3) is 0.400. The molecule has 0 bridgehead atoms. The van der Waals surface area contributed by atoms with E-state index in [2.05, 4.69) is 10.3 Å². The van der Waals surface area contributed by atoms with Crippen LogP contribution < -0.4 is 5.32 Å². The lowest BCUT2D eigenvalue weighted by molar-refractivity contribution is 0.0467. The summed E-state index contributed by atoms with van der Waals surface area (Å²) in [7, 11) is 1.79. The molecule has 2 aromatic rings. The van der Waals surface area contributed by atoms with Gasteiger partial charge in [-0.05, 0) is 42.9 Å². The Morgan fingerprint density at radius 1 is 1.28 bits per heavy atom. The smallest absolute Gasteiger partial charge is 0.254 e. The Balaban J connectivity index is 1.55. The van der Waals surface area contributed by atoms with Crippen molar-refractivity contribution in [3.63, 3.8) is 0 Å². The number of nitrogens with one attached hydrogen (secondary N) is 1. The molecular formula is C20H25N3O2. The molecule has 2 heterocycles. The Bertz CT molecular complexity index is 697. The van der Waals surface area contributed by atoms with Crippen LogP contribution in [0.25, 0.3) is 0 Å². The Kier molecular flexibility index (Phi) is 5.66. The molecule has 0 aliphatic carbocycles. The van der Waals surface area contributed by atoms with E-state index in [1.807, 2.05) is 35.2 Å². The zero-order chi connectivity index (χ0) is 17.6. The van der Waals surface area contributed by atoms with Crippen LogP contribution in [0, 0.1) is 5.92 Å². The molecule has 1 aromatic heterocycles. The molecule has 0 unspecified atom stereocenters. The van der Waals surface area contributed by atoms with Crippen molar-refractivity contribution in [1.82, 2.24) is 9.88 Å². The van der Waals surface area contributed by atoms with E-state index >= 15 is 0 Å². The fourth-order valence-electron chi connectivity index (χ4n) is 3.39. The molecule has 0 radical (unpaired) electrons. The van der Waals surface area contributed by atoms with Gasteiger partial charge in [-0.1, -0.05) is 30.3 Å². The summed E-state index contributed by atoms with van der Waals surface area (Å²) < 4.78 is 0. The van der Waals surface area contributed by atoms with Crippen molar-refractivity contribution >= 4 is 11.7 Å². The average Bonchev–Trinajstić information content (AvgIpc) is 2.68. The van der Waals surface area contributed by atoms with Gasteiger partial charge in [-0.15, -0.1) is 0 Å². The third-order valence-corrected chi connectivity index (χ3v) is 4.92. The first-order chi connectivity index (χ1) is 12.2. The van der Waals surface area contributed by atoms with Crippen molar-refractivity contribution in [1.29, 1.82) is 0 Å². The lowest BCUT2D eigenvalue weighted by Gasteiger charge is -2.34. The number of likely N-dealkylation sites (tertiary alicyclic amines) is 1. The SMILES string of the molecule is CNc1cc(C(=O)N2CCC([C@H](O)Cc3ccccc3)CC2)ccn1. The molecule has 1 amide bonds. The summed E-state index contributed by atoms with van der Waals surface area (Å²) in [6.45, 7) is 1.37. The standard InChI is InChI=1S/C20H25N3O2/c1-21-19-14-17(7-10-22-19)20(25)23-11-8-16(9-12-23)18(24)13-15-5-3-2-4-6-15/h2-7,10,14,16,18,24H,8-9,11-13H2,1H3,(H,21,22)/t18-/m1/s1. The van der Waals surface area contributed by atoms with E-state index < -0.39 is 0 Å². The number of hydrogen-bond acceptors (Lipinski definition) is 4. The van der Waals surface area contributed by atoms with Crippen molar-refractivity contribution in [2.45, 2.75) is 25.4 Å². The second-order valence-electron chi connectivity index (χ2n) is 6.57. The second-order valence-corrected chi connectivity index (χ2v) is 6.57. The highest BCUT2D eigenvalue weighted by Gasteiger charge is 2.28. The number of rotatable bonds is 5. The average molecular weight is 339 g/mol. The number of carbonyl (C=O) groups excluding carboxylic acids is 1. The first-order valence-corrected chi connectivity index (χ1v) is 8.82. The third-order valence-electron chi connectivity index (χ3n) is 4.92. The van der Waals surface area contributed by atoms with Crippen LogP contribution in [0.3, 0.4) is 0 Å². The summed E-state index contributed by atoms with van der Waals surface area (Å²) in [6, 6.07) is 13.6. The van der Waals surface area contributed by atoms with Crippen LogP contribution >= 0.6 is 0 Å². The van der Waals surface area contributed by atoms with Crippen molar-refractivity contribution in [3.05, 3.63) is 59.8 Å².